The highest BCUT2D eigenvalue weighted by Gasteiger charge is 2.43. The van der Waals surface area contributed by atoms with Crippen LogP contribution in [-0.2, 0) is 0 Å². The zero-order valence-corrected chi connectivity index (χ0v) is 31.5. The van der Waals surface area contributed by atoms with Crippen molar-refractivity contribution >= 4 is 0 Å². The highest BCUT2D eigenvalue weighted by molar-refractivity contribution is 5.14. The standard InChI is InChI=1S/C15H31N.C14H29N.C9H17N/c1-13(2,3)9-12-10-14(4,5)16(8)15(6,7)11-12;1-12(2,3)8-11-9-13(4,5)15-14(6,7)10-11;1-9(2,3)8-4-6-10-7-5-8/h12H,9-11H2,1-8H3;11,15H,8-10H2,1-7H3;4,10H,5-7H2,1-3H3. The molecule has 0 aromatic heterocycles. The van der Waals surface area contributed by atoms with E-state index in [1.54, 1.807) is 5.57 Å². The second-order valence-electron chi connectivity index (χ2n) is 20.1. The van der Waals surface area contributed by atoms with Gasteiger partial charge in [0.15, 0.2) is 0 Å². The first-order valence-electron chi connectivity index (χ1n) is 17.0. The second-order valence-corrected chi connectivity index (χ2v) is 20.1. The Morgan fingerprint density at radius 2 is 1.07 bits per heavy atom. The van der Waals surface area contributed by atoms with Crippen LogP contribution in [0.25, 0.3) is 0 Å². The minimum Gasteiger partial charge on any atom is -0.313 e. The van der Waals surface area contributed by atoms with E-state index in [2.05, 4.69) is 146 Å². The van der Waals surface area contributed by atoms with Crippen molar-refractivity contribution in [3.8, 4) is 0 Å². The summed E-state index contributed by atoms with van der Waals surface area (Å²) >= 11 is 0. The SMILES string of the molecule is CC(C)(C)C1=CCNCC1.CC(C)(C)CC1CC(C)(C)NC(C)(C)C1.CN1C(C)(C)CC(CC(C)(C)C)CC1(C)C. The van der Waals surface area contributed by atoms with Gasteiger partial charge in [-0.05, 0) is 142 Å². The summed E-state index contributed by atoms with van der Waals surface area (Å²) in [4.78, 5) is 2.57. The summed E-state index contributed by atoms with van der Waals surface area (Å²) in [5, 5.41) is 7.06. The number of hydrogen-bond acceptors (Lipinski definition) is 3. The molecule has 244 valence electrons. The molecule has 0 saturated carbocycles. The molecule has 41 heavy (non-hydrogen) atoms. The molecule has 3 aliphatic rings. The number of likely N-dealkylation sites (tertiary alicyclic amines) is 1. The molecule has 0 unspecified atom stereocenters. The molecule has 3 heteroatoms. The van der Waals surface area contributed by atoms with Gasteiger partial charge in [0, 0.05) is 28.7 Å². The normalized spacial score (nSPS) is 25.3. The first-order chi connectivity index (χ1) is 18.0. The molecular weight excluding hydrogens is 498 g/mol. The van der Waals surface area contributed by atoms with E-state index in [1.807, 2.05) is 0 Å². The van der Waals surface area contributed by atoms with Crippen molar-refractivity contribution in [3.63, 3.8) is 0 Å². The maximum absolute atomic E-state index is 3.75. The van der Waals surface area contributed by atoms with Crippen LogP contribution >= 0.6 is 0 Å². The molecule has 0 aliphatic carbocycles. The van der Waals surface area contributed by atoms with E-state index in [4.69, 9.17) is 0 Å². The molecule has 0 aromatic rings. The van der Waals surface area contributed by atoms with Crippen molar-refractivity contribution in [3.05, 3.63) is 11.6 Å². The van der Waals surface area contributed by atoms with Gasteiger partial charge in [0.2, 0.25) is 0 Å². The monoisotopic (exact) mass is 576 g/mol. The zero-order chi connectivity index (χ0) is 32.3. The van der Waals surface area contributed by atoms with E-state index < -0.39 is 0 Å². The summed E-state index contributed by atoms with van der Waals surface area (Å²) in [7, 11) is 2.29. The number of nitrogens with zero attached hydrogens (tertiary/aromatic N) is 1. The Balaban J connectivity index is 0.000000316. The van der Waals surface area contributed by atoms with Crippen LogP contribution < -0.4 is 10.6 Å². The first kappa shape index (κ1) is 38.6. The molecule has 0 spiro atoms. The summed E-state index contributed by atoms with van der Waals surface area (Å²) in [6, 6.07) is 0. The van der Waals surface area contributed by atoms with Crippen LogP contribution in [0.3, 0.4) is 0 Å². The molecule has 2 fully saturated rings. The number of piperidine rings is 2. The van der Waals surface area contributed by atoms with Crippen molar-refractivity contribution in [1.29, 1.82) is 0 Å². The fourth-order valence-corrected chi connectivity index (χ4v) is 8.44. The lowest BCUT2D eigenvalue weighted by Crippen LogP contribution is -2.58. The van der Waals surface area contributed by atoms with Crippen LogP contribution in [0.15, 0.2) is 11.6 Å². The van der Waals surface area contributed by atoms with Crippen molar-refractivity contribution in [2.75, 3.05) is 20.1 Å². The van der Waals surface area contributed by atoms with Gasteiger partial charge >= 0.3 is 0 Å². The van der Waals surface area contributed by atoms with Gasteiger partial charge < -0.3 is 10.6 Å². The Hall–Kier alpha value is -0.380. The van der Waals surface area contributed by atoms with E-state index >= 15 is 0 Å². The lowest BCUT2D eigenvalue weighted by molar-refractivity contribution is -0.0380. The number of rotatable bonds is 2. The van der Waals surface area contributed by atoms with Gasteiger partial charge in [-0.2, -0.15) is 0 Å². The largest absolute Gasteiger partial charge is 0.313 e. The minimum atomic E-state index is 0.303. The first-order valence-corrected chi connectivity index (χ1v) is 17.0. The van der Waals surface area contributed by atoms with E-state index in [-0.39, 0.29) is 0 Å². The van der Waals surface area contributed by atoms with E-state index in [1.165, 1.54) is 44.9 Å². The smallest absolute Gasteiger partial charge is 0.0158 e. The molecular formula is C38H77N3. The fraction of sp³-hybridized carbons (Fsp3) is 0.947. The second kappa shape index (κ2) is 13.7. The van der Waals surface area contributed by atoms with Crippen LogP contribution in [0, 0.1) is 28.1 Å². The highest BCUT2D eigenvalue weighted by atomic mass is 15.2. The average molecular weight is 576 g/mol. The summed E-state index contributed by atoms with van der Waals surface area (Å²) in [5.74, 6) is 1.75. The van der Waals surface area contributed by atoms with Crippen LogP contribution in [0.4, 0.5) is 0 Å². The predicted octanol–water partition coefficient (Wildman–Crippen LogP) is 10.3. The Labute approximate surface area is 259 Å². The van der Waals surface area contributed by atoms with Gasteiger partial charge in [-0.15, -0.1) is 0 Å². The van der Waals surface area contributed by atoms with Crippen LogP contribution in [-0.4, -0.2) is 47.2 Å². The van der Waals surface area contributed by atoms with Crippen molar-refractivity contribution in [2.45, 2.75) is 185 Å². The number of nitrogens with one attached hydrogen (secondary N) is 2. The van der Waals surface area contributed by atoms with Crippen molar-refractivity contribution < 1.29 is 0 Å². The molecule has 0 atom stereocenters. The van der Waals surface area contributed by atoms with E-state index in [9.17, 15) is 0 Å². The third-order valence-electron chi connectivity index (χ3n) is 9.50. The third kappa shape index (κ3) is 14.8. The Morgan fingerprint density at radius 3 is 1.37 bits per heavy atom. The van der Waals surface area contributed by atoms with E-state index in [0.29, 0.717) is 38.4 Å². The summed E-state index contributed by atoms with van der Waals surface area (Å²) in [6.07, 6.45) is 11.6. The predicted molar refractivity (Wildman–Crippen MR) is 186 cm³/mol. The van der Waals surface area contributed by atoms with Crippen molar-refractivity contribution in [1.82, 2.24) is 15.5 Å². The zero-order valence-electron chi connectivity index (χ0n) is 31.5. The Morgan fingerprint density at radius 1 is 0.683 bits per heavy atom. The minimum absolute atomic E-state index is 0.303. The van der Waals surface area contributed by atoms with Gasteiger partial charge in [0.1, 0.15) is 0 Å². The average Bonchev–Trinajstić information content (AvgIpc) is 2.67. The molecule has 3 aliphatic heterocycles. The van der Waals surface area contributed by atoms with Gasteiger partial charge in [-0.3, -0.25) is 4.90 Å². The maximum atomic E-state index is 3.75. The number of hydrogen-bond donors (Lipinski definition) is 2. The van der Waals surface area contributed by atoms with Crippen LogP contribution in [0.2, 0.25) is 0 Å². The lowest BCUT2D eigenvalue weighted by atomic mass is 9.69. The van der Waals surface area contributed by atoms with Gasteiger partial charge in [-0.25, -0.2) is 0 Å². The maximum Gasteiger partial charge on any atom is 0.0158 e. The molecule has 3 rings (SSSR count). The lowest BCUT2D eigenvalue weighted by Gasteiger charge is -2.54. The van der Waals surface area contributed by atoms with Crippen LogP contribution in [0.5, 0.6) is 0 Å². The van der Waals surface area contributed by atoms with E-state index in [0.717, 1.165) is 24.9 Å². The summed E-state index contributed by atoms with van der Waals surface area (Å²) in [6.45, 7) is 42.1. The Kier molecular flexibility index (Phi) is 12.9. The molecule has 3 nitrogen and oxygen atoms in total. The molecule has 2 N–H and O–H groups in total. The molecule has 0 aromatic carbocycles. The topological polar surface area (TPSA) is 27.3 Å². The molecule has 0 amide bonds. The molecule has 2 saturated heterocycles. The van der Waals surface area contributed by atoms with Gasteiger partial charge in [-0.1, -0.05) is 74.0 Å². The fourth-order valence-electron chi connectivity index (χ4n) is 8.44. The van der Waals surface area contributed by atoms with Gasteiger partial charge in [0.25, 0.3) is 0 Å². The molecule has 0 bridgehead atoms. The van der Waals surface area contributed by atoms with Gasteiger partial charge in [0.05, 0.1) is 0 Å². The highest BCUT2D eigenvalue weighted by Crippen LogP contribution is 2.44. The molecule has 3 heterocycles. The summed E-state index contributed by atoms with van der Waals surface area (Å²) < 4.78 is 0. The van der Waals surface area contributed by atoms with Crippen LogP contribution in [0.1, 0.15) is 163 Å². The summed E-state index contributed by atoms with van der Waals surface area (Å²) in [5.41, 5.74) is 4.22. The molecule has 0 radical (unpaired) electrons. The Bertz CT molecular complexity index is 786. The quantitative estimate of drug-likeness (QED) is 0.321. The van der Waals surface area contributed by atoms with Crippen molar-refractivity contribution in [2.24, 2.45) is 28.1 Å². The third-order valence-corrected chi connectivity index (χ3v) is 9.50.